The monoisotopic (exact) mass is 344 g/mol. The lowest BCUT2D eigenvalue weighted by Gasteiger charge is -2.33. The van der Waals surface area contributed by atoms with Crippen LogP contribution in [0.15, 0.2) is 24.3 Å². The van der Waals surface area contributed by atoms with Crippen LogP contribution < -0.4 is 5.32 Å². The summed E-state index contributed by atoms with van der Waals surface area (Å²) in [6.07, 6.45) is 4.69. The molecule has 3 rings (SSSR count). The number of hydrogen-bond acceptors (Lipinski definition) is 3. The van der Waals surface area contributed by atoms with Gasteiger partial charge in [-0.3, -0.25) is 9.59 Å². The van der Waals surface area contributed by atoms with Crippen LogP contribution in [0, 0.1) is 5.92 Å². The van der Waals surface area contributed by atoms with E-state index in [9.17, 15) is 19.5 Å². The van der Waals surface area contributed by atoms with Crippen molar-refractivity contribution in [3.63, 3.8) is 0 Å². The molecule has 0 radical (unpaired) electrons. The van der Waals surface area contributed by atoms with Crippen molar-refractivity contribution < 1.29 is 19.5 Å². The summed E-state index contributed by atoms with van der Waals surface area (Å²) in [6.45, 7) is 1.42. The third-order valence-corrected chi connectivity index (χ3v) is 5.33. The second-order valence-corrected chi connectivity index (χ2v) is 7.02. The van der Waals surface area contributed by atoms with E-state index in [4.69, 9.17) is 0 Å². The van der Waals surface area contributed by atoms with Gasteiger partial charge in [-0.2, -0.15) is 0 Å². The van der Waals surface area contributed by atoms with E-state index < -0.39 is 12.0 Å². The molecule has 1 saturated heterocycles. The zero-order valence-electron chi connectivity index (χ0n) is 14.4. The van der Waals surface area contributed by atoms with E-state index in [0.717, 1.165) is 25.7 Å². The molecular formula is C19H24N2O4. The molecule has 6 heteroatoms. The number of fused-ring (bicyclic) bond motifs is 1. The zero-order chi connectivity index (χ0) is 18.0. The highest BCUT2D eigenvalue weighted by Gasteiger charge is 2.47. The first-order valence-electron chi connectivity index (χ1n) is 8.87. The van der Waals surface area contributed by atoms with E-state index >= 15 is 0 Å². The second kappa shape index (κ2) is 7.25. The molecule has 25 heavy (non-hydrogen) atoms. The van der Waals surface area contributed by atoms with Crippen LogP contribution in [0.1, 0.15) is 44.6 Å². The summed E-state index contributed by atoms with van der Waals surface area (Å²) in [5.74, 6) is -0.987. The molecule has 1 saturated carbocycles. The normalized spacial score (nSPS) is 25.3. The molecule has 2 N–H and O–H groups in total. The van der Waals surface area contributed by atoms with Crippen LogP contribution in [0.3, 0.4) is 0 Å². The molecular weight excluding hydrogens is 320 g/mol. The van der Waals surface area contributed by atoms with Crippen LogP contribution >= 0.6 is 0 Å². The van der Waals surface area contributed by atoms with E-state index in [1.807, 2.05) is 6.07 Å². The lowest BCUT2D eigenvalue weighted by molar-refractivity contribution is -0.149. The number of hydrogen-bond donors (Lipinski definition) is 2. The van der Waals surface area contributed by atoms with Crippen LogP contribution in [0.5, 0.6) is 0 Å². The fourth-order valence-electron chi connectivity index (χ4n) is 4.28. The fourth-order valence-corrected chi connectivity index (χ4v) is 4.28. The average molecular weight is 344 g/mol. The van der Waals surface area contributed by atoms with Crippen molar-refractivity contribution in [2.75, 3.05) is 5.32 Å². The maximum atomic E-state index is 13.0. The average Bonchev–Trinajstić information content (AvgIpc) is 2.96. The first-order chi connectivity index (χ1) is 12.0. The van der Waals surface area contributed by atoms with Crippen LogP contribution in [0.4, 0.5) is 5.69 Å². The highest BCUT2D eigenvalue weighted by atomic mass is 16.4. The summed E-state index contributed by atoms with van der Waals surface area (Å²) in [7, 11) is 0. The van der Waals surface area contributed by atoms with Crippen molar-refractivity contribution in [2.45, 2.75) is 57.5 Å². The maximum Gasteiger partial charge on any atom is 0.326 e. The molecule has 2 fully saturated rings. The Bertz CT molecular complexity index is 688. The van der Waals surface area contributed by atoms with Crippen LogP contribution in [-0.4, -0.2) is 39.9 Å². The van der Waals surface area contributed by atoms with Gasteiger partial charge in [0.15, 0.2) is 0 Å². The van der Waals surface area contributed by atoms with Gasteiger partial charge in [-0.25, -0.2) is 4.79 Å². The molecule has 1 aromatic carbocycles. The molecule has 134 valence electrons. The standard InChI is InChI=1S/C19H24N2O4/c1-12(22)20-15-8-4-2-6-13(15)11-18(23)21-16-9-5-3-7-14(16)10-17(21)19(24)25/h2,4,6,8,14,16-17H,3,5,7,9-11H2,1H3,(H,20,22)(H,24,25). The summed E-state index contributed by atoms with van der Waals surface area (Å²) in [5, 5.41) is 12.3. The summed E-state index contributed by atoms with van der Waals surface area (Å²) >= 11 is 0. The number of para-hydroxylation sites is 1. The second-order valence-electron chi connectivity index (χ2n) is 7.02. The predicted octanol–water partition coefficient (Wildman–Crippen LogP) is 2.43. The lowest BCUT2D eigenvalue weighted by Crippen LogP contribution is -2.46. The molecule has 1 aromatic rings. The van der Waals surface area contributed by atoms with E-state index in [1.165, 1.54) is 6.92 Å². The quantitative estimate of drug-likeness (QED) is 0.878. The van der Waals surface area contributed by atoms with Gasteiger partial charge in [0.1, 0.15) is 6.04 Å². The molecule has 6 nitrogen and oxygen atoms in total. The molecule has 0 spiro atoms. The number of carboxylic acids is 1. The SMILES string of the molecule is CC(=O)Nc1ccccc1CC(=O)N1C(C(=O)O)CC2CCCCC21. The Morgan fingerprint density at radius 2 is 1.92 bits per heavy atom. The summed E-state index contributed by atoms with van der Waals surface area (Å²) in [5.41, 5.74) is 1.32. The molecule has 1 aliphatic carbocycles. The molecule has 0 bridgehead atoms. The Morgan fingerprint density at radius 3 is 2.64 bits per heavy atom. The van der Waals surface area contributed by atoms with E-state index in [0.29, 0.717) is 23.6 Å². The maximum absolute atomic E-state index is 13.0. The van der Waals surface area contributed by atoms with Crippen molar-refractivity contribution in [2.24, 2.45) is 5.92 Å². The Labute approximate surface area is 147 Å². The van der Waals surface area contributed by atoms with Crippen LogP contribution in [-0.2, 0) is 20.8 Å². The summed E-state index contributed by atoms with van der Waals surface area (Å²) < 4.78 is 0. The van der Waals surface area contributed by atoms with Crippen molar-refractivity contribution in [1.82, 2.24) is 4.90 Å². The fraction of sp³-hybridized carbons (Fsp3) is 0.526. The third-order valence-electron chi connectivity index (χ3n) is 5.33. The molecule has 1 aliphatic heterocycles. The Kier molecular flexibility index (Phi) is 5.06. The number of nitrogens with zero attached hydrogens (tertiary/aromatic N) is 1. The lowest BCUT2D eigenvalue weighted by atomic mass is 9.84. The molecule has 1 heterocycles. The minimum absolute atomic E-state index is 0.0373. The third kappa shape index (κ3) is 3.67. The number of benzene rings is 1. The van der Waals surface area contributed by atoms with Gasteiger partial charge in [0.25, 0.3) is 0 Å². The summed E-state index contributed by atoms with van der Waals surface area (Å²) in [6, 6.07) is 6.48. The van der Waals surface area contributed by atoms with Crippen LogP contribution in [0.25, 0.3) is 0 Å². The Hall–Kier alpha value is -2.37. The van der Waals surface area contributed by atoms with E-state index in [1.54, 1.807) is 23.1 Å². The molecule has 2 aliphatic rings. The molecule has 0 aromatic heterocycles. The van der Waals surface area contributed by atoms with E-state index in [2.05, 4.69) is 5.32 Å². The highest BCUT2D eigenvalue weighted by molar-refractivity contribution is 5.92. The summed E-state index contributed by atoms with van der Waals surface area (Å²) in [4.78, 5) is 37.6. The highest BCUT2D eigenvalue weighted by Crippen LogP contribution is 2.40. The van der Waals surface area contributed by atoms with Crippen molar-refractivity contribution >= 4 is 23.5 Å². The minimum Gasteiger partial charge on any atom is -0.480 e. The number of likely N-dealkylation sites (tertiary alicyclic amines) is 1. The van der Waals surface area contributed by atoms with Gasteiger partial charge in [0.05, 0.1) is 6.42 Å². The van der Waals surface area contributed by atoms with Crippen LogP contribution in [0.2, 0.25) is 0 Å². The molecule has 3 unspecified atom stereocenters. The minimum atomic E-state index is -0.919. The first kappa shape index (κ1) is 17.5. The first-order valence-corrected chi connectivity index (χ1v) is 8.87. The van der Waals surface area contributed by atoms with Crippen molar-refractivity contribution in [1.29, 1.82) is 0 Å². The van der Waals surface area contributed by atoms with Gasteiger partial charge < -0.3 is 15.3 Å². The van der Waals surface area contributed by atoms with E-state index in [-0.39, 0.29) is 24.3 Å². The number of amides is 2. The topological polar surface area (TPSA) is 86.7 Å². The zero-order valence-corrected chi connectivity index (χ0v) is 14.4. The van der Waals surface area contributed by atoms with Gasteiger partial charge in [0, 0.05) is 18.7 Å². The number of anilines is 1. The number of carbonyl (C=O) groups excluding carboxylic acids is 2. The van der Waals surface area contributed by atoms with Gasteiger partial charge in [-0.1, -0.05) is 31.0 Å². The smallest absolute Gasteiger partial charge is 0.326 e. The number of aliphatic carboxylic acids is 1. The van der Waals surface area contributed by atoms with Gasteiger partial charge in [-0.15, -0.1) is 0 Å². The number of rotatable bonds is 4. The van der Waals surface area contributed by atoms with Gasteiger partial charge >= 0.3 is 5.97 Å². The largest absolute Gasteiger partial charge is 0.480 e. The number of carboxylic acid groups (broad SMARTS) is 1. The van der Waals surface area contributed by atoms with Gasteiger partial charge in [0.2, 0.25) is 11.8 Å². The number of carbonyl (C=O) groups is 3. The number of nitrogens with one attached hydrogen (secondary N) is 1. The van der Waals surface area contributed by atoms with Crippen molar-refractivity contribution in [3.05, 3.63) is 29.8 Å². The Balaban J connectivity index is 1.82. The molecule has 3 atom stereocenters. The van der Waals surface area contributed by atoms with Gasteiger partial charge in [-0.05, 0) is 36.8 Å². The van der Waals surface area contributed by atoms with Crippen molar-refractivity contribution in [3.8, 4) is 0 Å². The predicted molar refractivity (Wildman–Crippen MR) is 93.1 cm³/mol. The Morgan fingerprint density at radius 1 is 1.20 bits per heavy atom. The molecule has 2 amide bonds.